The summed E-state index contributed by atoms with van der Waals surface area (Å²) in [6.07, 6.45) is 1.41. The molecule has 122 valence electrons. The number of likely N-dealkylation sites (tertiary alicyclic amines) is 1. The lowest BCUT2D eigenvalue weighted by molar-refractivity contribution is -0.142. The summed E-state index contributed by atoms with van der Waals surface area (Å²) >= 11 is 0. The number of anilines is 1. The number of carbonyl (C=O) groups is 2. The molecule has 1 aliphatic rings. The number of aryl methyl sites for hydroxylation is 1. The third-order valence-electron chi connectivity index (χ3n) is 3.73. The van der Waals surface area contributed by atoms with Gasteiger partial charge >= 0.3 is 5.97 Å². The molecule has 1 aromatic heterocycles. The maximum Gasteiger partial charge on any atom is 0.320 e. The molecular weight excluding hydrogens is 284 g/mol. The van der Waals surface area contributed by atoms with Gasteiger partial charge in [0.2, 0.25) is 5.91 Å². The van der Waals surface area contributed by atoms with Crippen molar-refractivity contribution in [1.29, 1.82) is 0 Å². The molecule has 1 atom stereocenters. The Kier molecular flexibility index (Phi) is 4.55. The average molecular weight is 308 g/mol. The highest BCUT2D eigenvalue weighted by Crippen LogP contribution is 2.22. The van der Waals surface area contributed by atoms with Crippen molar-refractivity contribution < 1.29 is 14.7 Å². The van der Waals surface area contributed by atoms with Gasteiger partial charge in [0.25, 0.3) is 0 Å². The van der Waals surface area contributed by atoms with E-state index in [1.54, 1.807) is 9.58 Å². The molecule has 0 radical (unpaired) electrons. The van der Waals surface area contributed by atoms with E-state index in [-0.39, 0.29) is 18.0 Å². The standard InChI is InChI=1S/C15H24N4O3/c1-10-8-12(19(17-10)15(2,3)4)16-13(20)9-18-7-5-6-11(18)14(21)22/h8,11H,5-7,9H2,1-4H3,(H,16,20)(H,21,22). The lowest BCUT2D eigenvalue weighted by atomic mass is 10.1. The van der Waals surface area contributed by atoms with Gasteiger partial charge in [-0.3, -0.25) is 14.5 Å². The van der Waals surface area contributed by atoms with Crippen LogP contribution >= 0.6 is 0 Å². The summed E-state index contributed by atoms with van der Waals surface area (Å²) in [7, 11) is 0. The molecule has 0 aromatic carbocycles. The summed E-state index contributed by atoms with van der Waals surface area (Å²) in [5, 5.41) is 16.4. The van der Waals surface area contributed by atoms with Crippen LogP contribution in [0.25, 0.3) is 0 Å². The minimum atomic E-state index is -0.860. The largest absolute Gasteiger partial charge is 0.480 e. The molecule has 1 unspecified atom stereocenters. The summed E-state index contributed by atoms with van der Waals surface area (Å²) < 4.78 is 1.78. The second-order valence-corrected chi connectivity index (χ2v) is 6.77. The predicted octanol–water partition coefficient (Wildman–Crippen LogP) is 1.43. The number of carboxylic acid groups (broad SMARTS) is 1. The summed E-state index contributed by atoms with van der Waals surface area (Å²) in [6, 6.07) is 1.27. The first-order valence-electron chi connectivity index (χ1n) is 7.52. The summed E-state index contributed by atoms with van der Waals surface area (Å²) in [6.45, 7) is 8.63. The second kappa shape index (κ2) is 6.08. The molecule has 1 aromatic rings. The highest BCUT2D eigenvalue weighted by atomic mass is 16.4. The molecule has 0 spiro atoms. The molecule has 1 amide bonds. The van der Waals surface area contributed by atoms with Gasteiger partial charge in [-0.25, -0.2) is 4.68 Å². The van der Waals surface area contributed by atoms with Crippen molar-refractivity contribution in [3.63, 3.8) is 0 Å². The second-order valence-electron chi connectivity index (χ2n) is 6.77. The summed E-state index contributed by atoms with van der Waals surface area (Å²) in [4.78, 5) is 25.1. The molecule has 22 heavy (non-hydrogen) atoms. The van der Waals surface area contributed by atoms with Crippen molar-refractivity contribution >= 4 is 17.7 Å². The van der Waals surface area contributed by atoms with E-state index in [1.165, 1.54) is 0 Å². The Labute approximate surface area is 130 Å². The van der Waals surface area contributed by atoms with Crippen molar-refractivity contribution in [3.05, 3.63) is 11.8 Å². The fourth-order valence-corrected chi connectivity index (χ4v) is 2.76. The number of carbonyl (C=O) groups excluding carboxylic acids is 1. The van der Waals surface area contributed by atoms with Crippen LogP contribution in [0.5, 0.6) is 0 Å². The Bertz CT molecular complexity index is 574. The van der Waals surface area contributed by atoms with Crippen LogP contribution in [0.15, 0.2) is 6.07 Å². The van der Waals surface area contributed by atoms with E-state index in [0.717, 1.165) is 12.1 Å². The van der Waals surface area contributed by atoms with E-state index in [9.17, 15) is 9.59 Å². The molecule has 0 bridgehead atoms. The SMILES string of the molecule is Cc1cc(NC(=O)CN2CCCC2C(=O)O)n(C(C)(C)C)n1. The van der Waals surface area contributed by atoms with Crippen molar-refractivity contribution in [1.82, 2.24) is 14.7 Å². The summed E-state index contributed by atoms with van der Waals surface area (Å²) in [5.74, 6) is -0.430. The molecule has 1 aliphatic heterocycles. The van der Waals surface area contributed by atoms with Crippen LogP contribution in [0.1, 0.15) is 39.3 Å². The Hall–Kier alpha value is -1.89. The fraction of sp³-hybridized carbons (Fsp3) is 0.667. The highest BCUT2D eigenvalue weighted by molar-refractivity contribution is 5.92. The molecule has 1 fully saturated rings. The molecule has 0 aliphatic carbocycles. The van der Waals surface area contributed by atoms with Crippen LogP contribution in [-0.4, -0.2) is 50.8 Å². The maximum absolute atomic E-state index is 12.2. The molecule has 7 nitrogen and oxygen atoms in total. The zero-order chi connectivity index (χ0) is 16.5. The number of aromatic nitrogens is 2. The van der Waals surface area contributed by atoms with E-state index < -0.39 is 12.0 Å². The topological polar surface area (TPSA) is 87.5 Å². The Morgan fingerprint density at radius 3 is 2.73 bits per heavy atom. The third-order valence-corrected chi connectivity index (χ3v) is 3.73. The van der Waals surface area contributed by atoms with Crippen molar-refractivity contribution in [2.75, 3.05) is 18.4 Å². The van der Waals surface area contributed by atoms with Gasteiger partial charge in [0.15, 0.2) is 0 Å². The van der Waals surface area contributed by atoms with Gasteiger partial charge in [-0.15, -0.1) is 0 Å². The van der Waals surface area contributed by atoms with Gasteiger partial charge in [0.05, 0.1) is 17.8 Å². The van der Waals surface area contributed by atoms with E-state index >= 15 is 0 Å². The molecule has 1 saturated heterocycles. The van der Waals surface area contributed by atoms with Crippen LogP contribution < -0.4 is 5.32 Å². The zero-order valence-electron chi connectivity index (χ0n) is 13.6. The van der Waals surface area contributed by atoms with Gasteiger partial charge in [-0.2, -0.15) is 5.10 Å². The minimum absolute atomic E-state index is 0.0886. The van der Waals surface area contributed by atoms with Gasteiger partial charge in [0.1, 0.15) is 11.9 Å². The first kappa shape index (κ1) is 16.5. The van der Waals surface area contributed by atoms with Gasteiger partial charge < -0.3 is 10.4 Å². The Balaban J connectivity index is 2.05. The highest BCUT2D eigenvalue weighted by Gasteiger charge is 2.32. The number of aliphatic carboxylic acids is 1. The van der Waals surface area contributed by atoms with E-state index in [2.05, 4.69) is 10.4 Å². The number of amides is 1. The zero-order valence-corrected chi connectivity index (χ0v) is 13.6. The number of hydrogen-bond acceptors (Lipinski definition) is 4. The number of nitrogens with one attached hydrogen (secondary N) is 1. The van der Waals surface area contributed by atoms with E-state index in [0.29, 0.717) is 18.8 Å². The Morgan fingerprint density at radius 1 is 1.45 bits per heavy atom. The minimum Gasteiger partial charge on any atom is -0.480 e. The van der Waals surface area contributed by atoms with Crippen LogP contribution in [0, 0.1) is 6.92 Å². The molecule has 2 heterocycles. The Morgan fingerprint density at radius 2 is 2.14 bits per heavy atom. The lowest BCUT2D eigenvalue weighted by Crippen LogP contribution is -2.41. The fourth-order valence-electron chi connectivity index (χ4n) is 2.76. The van der Waals surface area contributed by atoms with E-state index in [4.69, 9.17) is 5.11 Å². The number of carboxylic acids is 1. The van der Waals surface area contributed by atoms with Crippen LogP contribution in [0.2, 0.25) is 0 Å². The van der Waals surface area contributed by atoms with Crippen LogP contribution in [-0.2, 0) is 15.1 Å². The number of rotatable bonds is 4. The third kappa shape index (κ3) is 3.65. The number of hydrogen-bond donors (Lipinski definition) is 2. The maximum atomic E-state index is 12.2. The lowest BCUT2D eigenvalue weighted by Gasteiger charge is -2.24. The van der Waals surface area contributed by atoms with Crippen molar-refractivity contribution in [3.8, 4) is 0 Å². The molecule has 2 rings (SSSR count). The first-order valence-corrected chi connectivity index (χ1v) is 7.52. The van der Waals surface area contributed by atoms with Crippen LogP contribution in [0.4, 0.5) is 5.82 Å². The van der Waals surface area contributed by atoms with Crippen LogP contribution in [0.3, 0.4) is 0 Å². The van der Waals surface area contributed by atoms with Gasteiger partial charge in [0, 0.05) is 6.07 Å². The first-order chi connectivity index (χ1) is 10.2. The molecule has 0 saturated carbocycles. The number of nitrogens with zero attached hydrogens (tertiary/aromatic N) is 3. The molecule has 2 N–H and O–H groups in total. The monoisotopic (exact) mass is 308 g/mol. The quantitative estimate of drug-likeness (QED) is 0.878. The summed E-state index contributed by atoms with van der Waals surface area (Å²) in [5.41, 5.74) is 0.587. The van der Waals surface area contributed by atoms with Crippen molar-refractivity contribution in [2.45, 2.75) is 52.1 Å². The molecular formula is C15H24N4O3. The smallest absolute Gasteiger partial charge is 0.320 e. The van der Waals surface area contributed by atoms with Crippen molar-refractivity contribution in [2.24, 2.45) is 0 Å². The van der Waals surface area contributed by atoms with Gasteiger partial charge in [-0.05, 0) is 47.1 Å². The molecule has 7 heteroatoms. The van der Waals surface area contributed by atoms with E-state index in [1.807, 2.05) is 33.8 Å². The predicted molar refractivity (Wildman–Crippen MR) is 82.8 cm³/mol. The van der Waals surface area contributed by atoms with Gasteiger partial charge in [-0.1, -0.05) is 0 Å². The normalized spacial score (nSPS) is 19.4. The average Bonchev–Trinajstić information content (AvgIpc) is 2.95.